The van der Waals surface area contributed by atoms with Crippen LogP contribution < -0.4 is 5.73 Å². The van der Waals surface area contributed by atoms with Gasteiger partial charge in [0, 0.05) is 19.5 Å². The first-order valence-electron chi connectivity index (χ1n) is 4.21. The van der Waals surface area contributed by atoms with E-state index in [-0.39, 0.29) is 12.4 Å². The lowest BCUT2D eigenvalue weighted by Gasteiger charge is -2.16. The second kappa shape index (κ2) is 6.46. The van der Waals surface area contributed by atoms with E-state index in [1.165, 1.54) is 0 Å². The van der Waals surface area contributed by atoms with Crippen LogP contribution in [0.2, 0.25) is 0 Å². The summed E-state index contributed by atoms with van der Waals surface area (Å²) in [6.07, 6.45) is -4.30. The topological polar surface area (TPSA) is 71.1 Å². The highest BCUT2D eigenvalue weighted by Gasteiger charge is 2.28. The Morgan fingerprint density at radius 1 is 1.47 bits per heavy atom. The van der Waals surface area contributed by atoms with Crippen molar-refractivity contribution in [3.63, 3.8) is 0 Å². The van der Waals surface area contributed by atoms with Gasteiger partial charge in [0.2, 0.25) is 0 Å². The van der Waals surface area contributed by atoms with Crippen molar-refractivity contribution in [1.82, 2.24) is 4.90 Å². The van der Waals surface area contributed by atoms with E-state index < -0.39 is 13.0 Å². The van der Waals surface area contributed by atoms with Crippen molar-refractivity contribution in [2.45, 2.75) is 12.8 Å². The largest absolute Gasteiger partial charge is 0.522 e. The molecule has 15 heavy (non-hydrogen) atoms. The van der Waals surface area contributed by atoms with E-state index in [4.69, 9.17) is 10.9 Å². The van der Waals surface area contributed by atoms with Crippen LogP contribution in [-0.2, 0) is 4.74 Å². The van der Waals surface area contributed by atoms with Crippen molar-refractivity contribution in [3.05, 3.63) is 0 Å². The van der Waals surface area contributed by atoms with E-state index in [0.29, 0.717) is 13.0 Å². The third kappa shape index (κ3) is 9.29. The summed E-state index contributed by atoms with van der Waals surface area (Å²) in [4.78, 5) is 1.59. The standard InChI is InChI=1S/C7H14F3N3O2/c1-13(3-2-6(11)12-14)4-5-15-7(8,9)10/h14H,2-5H2,1H3,(H2,11,12). The van der Waals surface area contributed by atoms with Crippen LogP contribution >= 0.6 is 0 Å². The SMILES string of the molecule is CN(CCOC(F)(F)F)CCC(N)=NO. The third-order valence-electron chi connectivity index (χ3n) is 1.62. The Labute approximate surface area is 85.3 Å². The summed E-state index contributed by atoms with van der Waals surface area (Å²) in [7, 11) is 1.62. The molecule has 0 aromatic carbocycles. The van der Waals surface area contributed by atoms with Crippen LogP contribution in [0.3, 0.4) is 0 Å². The smallest absolute Gasteiger partial charge is 0.409 e. The van der Waals surface area contributed by atoms with Crippen molar-refractivity contribution in [1.29, 1.82) is 0 Å². The third-order valence-corrected chi connectivity index (χ3v) is 1.62. The fraction of sp³-hybridized carbons (Fsp3) is 0.857. The number of amidine groups is 1. The second-order valence-electron chi connectivity index (χ2n) is 2.94. The fourth-order valence-corrected chi connectivity index (χ4v) is 0.784. The highest BCUT2D eigenvalue weighted by molar-refractivity contribution is 5.79. The maximum Gasteiger partial charge on any atom is 0.522 e. The quantitative estimate of drug-likeness (QED) is 0.302. The van der Waals surface area contributed by atoms with Crippen molar-refractivity contribution in [3.8, 4) is 0 Å². The number of alkyl halides is 3. The summed E-state index contributed by atoms with van der Waals surface area (Å²) in [5.41, 5.74) is 5.18. The zero-order valence-corrected chi connectivity index (χ0v) is 8.29. The molecule has 0 bridgehead atoms. The Hall–Kier alpha value is -1.02. The Kier molecular flexibility index (Phi) is 6.02. The van der Waals surface area contributed by atoms with E-state index in [2.05, 4.69) is 9.89 Å². The molecule has 0 fully saturated rings. The molecule has 0 saturated carbocycles. The van der Waals surface area contributed by atoms with E-state index in [9.17, 15) is 13.2 Å². The Bertz CT molecular complexity index is 208. The molecule has 0 atom stereocenters. The van der Waals surface area contributed by atoms with E-state index in [0.717, 1.165) is 0 Å². The molecule has 0 aromatic rings. The van der Waals surface area contributed by atoms with Gasteiger partial charge in [-0.1, -0.05) is 5.16 Å². The van der Waals surface area contributed by atoms with Gasteiger partial charge in [-0.3, -0.25) is 4.74 Å². The average Bonchev–Trinajstić information content (AvgIpc) is 2.12. The minimum absolute atomic E-state index is 0.0404. The van der Waals surface area contributed by atoms with Gasteiger partial charge < -0.3 is 15.8 Å². The lowest BCUT2D eigenvalue weighted by Crippen LogP contribution is -2.29. The van der Waals surface area contributed by atoms with Crippen LogP contribution in [0.5, 0.6) is 0 Å². The molecule has 0 radical (unpaired) electrons. The number of hydrogen-bond acceptors (Lipinski definition) is 4. The van der Waals surface area contributed by atoms with Gasteiger partial charge in [-0.05, 0) is 7.05 Å². The van der Waals surface area contributed by atoms with Crippen molar-refractivity contribution in [2.75, 3.05) is 26.7 Å². The Morgan fingerprint density at radius 3 is 2.53 bits per heavy atom. The van der Waals surface area contributed by atoms with E-state index >= 15 is 0 Å². The number of ether oxygens (including phenoxy) is 1. The molecule has 0 heterocycles. The molecule has 8 heteroatoms. The van der Waals surface area contributed by atoms with Crippen LogP contribution in [0.15, 0.2) is 5.16 Å². The first kappa shape index (κ1) is 14.0. The molecule has 0 aliphatic carbocycles. The van der Waals surface area contributed by atoms with Crippen LogP contribution in [-0.4, -0.2) is 49.0 Å². The van der Waals surface area contributed by atoms with Gasteiger partial charge in [-0.15, -0.1) is 13.2 Å². The van der Waals surface area contributed by atoms with Gasteiger partial charge in [-0.2, -0.15) is 0 Å². The van der Waals surface area contributed by atoms with Gasteiger partial charge >= 0.3 is 6.36 Å². The molecule has 3 N–H and O–H groups in total. The summed E-state index contributed by atoms with van der Waals surface area (Å²) in [5, 5.41) is 10.9. The van der Waals surface area contributed by atoms with Crippen LogP contribution in [0, 0.1) is 0 Å². The van der Waals surface area contributed by atoms with E-state index in [1.807, 2.05) is 0 Å². The normalized spacial score (nSPS) is 13.5. The molecule has 0 unspecified atom stereocenters. The number of nitrogens with two attached hydrogens (primary N) is 1. The highest BCUT2D eigenvalue weighted by atomic mass is 19.4. The molecular weight excluding hydrogens is 215 g/mol. The molecule has 0 saturated heterocycles. The lowest BCUT2D eigenvalue weighted by atomic mass is 10.4. The first-order chi connectivity index (χ1) is 6.85. The minimum Gasteiger partial charge on any atom is -0.409 e. The molecule has 90 valence electrons. The molecule has 0 aliphatic heterocycles. The molecular formula is C7H14F3N3O2. The zero-order chi connectivity index (χ0) is 11.9. The van der Waals surface area contributed by atoms with Crippen LogP contribution in [0.4, 0.5) is 13.2 Å². The van der Waals surface area contributed by atoms with Gasteiger partial charge in [0.1, 0.15) is 5.84 Å². The van der Waals surface area contributed by atoms with Crippen molar-refractivity contribution in [2.24, 2.45) is 10.9 Å². The maximum absolute atomic E-state index is 11.6. The van der Waals surface area contributed by atoms with Crippen molar-refractivity contribution >= 4 is 5.84 Å². The molecule has 5 nitrogen and oxygen atoms in total. The molecule has 0 aliphatic rings. The predicted octanol–water partition coefficient (Wildman–Crippen LogP) is 0.591. The summed E-state index contributed by atoms with van der Waals surface area (Å²) < 4.78 is 38.3. The summed E-state index contributed by atoms with van der Waals surface area (Å²) in [6.45, 7) is 0.0888. The molecule has 0 amide bonds. The zero-order valence-electron chi connectivity index (χ0n) is 8.29. The lowest BCUT2D eigenvalue weighted by molar-refractivity contribution is -0.324. The number of rotatable bonds is 6. The number of hydrogen-bond donors (Lipinski definition) is 2. The summed E-state index contributed by atoms with van der Waals surface area (Å²) >= 11 is 0. The summed E-state index contributed by atoms with van der Waals surface area (Å²) in [6, 6.07) is 0. The van der Waals surface area contributed by atoms with Gasteiger partial charge in [0.25, 0.3) is 0 Å². The highest BCUT2D eigenvalue weighted by Crippen LogP contribution is 2.15. The predicted molar refractivity (Wildman–Crippen MR) is 47.5 cm³/mol. The minimum atomic E-state index is -4.59. The number of nitrogens with zero attached hydrogens (tertiary/aromatic N) is 2. The van der Waals surface area contributed by atoms with E-state index in [1.54, 1.807) is 11.9 Å². The number of halogens is 3. The van der Waals surface area contributed by atoms with Crippen LogP contribution in [0.1, 0.15) is 6.42 Å². The first-order valence-corrected chi connectivity index (χ1v) is 4.21. The molecule has 0 rings (SSSR count). The number of likely N-dealkylation sites (N-methyl/N-ethyl adjacent to an activating group) is 1. The average molecular weight is 229 g/mol. The van der Waals surface area contributed by atoms with Gasteiger partial charge in [0.15, 0.2) is 0 Å². The monoisotopic (exact) mass is 229 g/mol. The maximum atomic E-state index is 11.6. The second-order valence-corrected chi connectivity index (χ2v) is 2.94. The summed E-state index contributed by atoms with van der Waals surface area (Å²) in [5.74, 6) is 0.0404. The Morgan fingerprint density at radius 2 is 2.07 bits per heavy atom. The van der Waals surface area contributed by atoms with Crippen LogP contribution in [0.25, 0.3) is 0 Å². The molecule has 0 spiro atoms. The van der Waals surface area contributed by atoms with Gasteiger partial charge in [-0.25, -0.2) is 0 Å². The molecule has 0 aromatic heterocycles. The number of oxime groups is 1. The Balaban J connectivity index is 3.54. The van der Waals surface area contributed by atoms with Gasteiger partial charge in [0.05, 0.1) is 6.61 Å². The van der Waals surface area contributed by atoms with Crippen molar-refractivity contribution < 1.29 is 23.1 Å². The fourth-order valence-electron chi connectivity index (χ4n) is 0.784.